The maximum atomic E-state index is 11.9. The van der Waals surface area contributed by atoms with Gasteiger partial charge in [0.25, 0.3) is 0 Å². The molecule has 0 heterocycles. The molecule has 0 saturated carbocycles. The van der Waals surface area contributed by atoms with Crippen LogP contribution in [-0.2, 0) is 11.3 Å². The Hall–Kier alpha value is -1.43. The lowest BCUT2D eigenvalue weighted by Crippen LogP contribution is -2.29. The molecule has 1 amide bonds. The zero-order valence-corrected chi connectivity index (χ0v) is 10.9. The third kappa shape index (κ3) is 5.83. The molecule has 3 nitrogen and oxygen atoms in total. The SMILES string of the molecule is CC(CCl)C(=O)NCc1ccc(OC(F)(F)F)cc1. The van der Waals surface area contributed by atoms with Crippen LogP contribution in [0.4, 0.5) is 13.2 Å². The zero-order chi connectivity index (χ0) is 14.5. The van der Waals surface area contributed by atoms with E-state index in [2.05, 4.69) is 10.1 Å². The van der Waals surface area contributed by atoms with Gasteiger partial charge in [0.15, 0.2) is 0 Å². The van der Waals surface area contributed by atoms with Crippen LogP contribution in [0, 0.1) is 5.92 Å². The van der Waals surface area contributed by atoms with Crippen LogP contribution in [0.15, 0.2) is 24.3 Å². The lowest BCUT2D eigenvalue weighted by Gasteiger charge is -2.11. The maximum Gasteiger partial charge on any atom is 0.573 e. The summed E-state index contributed by atoms with van der Waals surface area (Å²) in [7, 11) is 0. The van der Waals surface area contributed by atoms with Gasteiger partial charge in [0.1, 0.15) is 5.75 Å². The minimum absolute atomic E-state index is 0.203. The highest BCUT2D eigenvalue weighted by Crippen LogP contribution is 2.22. The molecular weight excluding hydrogens is 283 g/mol. The van der Waals surface area contributed by atoms with Gasteiger partial charge in [-0.2, -0.15) is 0 Å². The number of hydrogen-bond donors (Lipinski definition) is 1. The minimum Gasteiger partial charge on any atom is -0.406 e. The number of carbonyl (C=O) groups excluding carboxylic acids is 1. The fourth-order valence-electron chi connectivity index (χ4n) is 1.24. The standard InChI is InChI=1S/C12H13ClF3NO2/c1-8(6-13)11(18)17-7-9-2-4-10(5-3-9)19-12(14,15)16/h2-5,8H,6-7H2,1H3,(H,17,18). The molecule has 0 radical (unpaired) electrons. The van der Waals surface area contributed by atoms with E-state index in [9.17, 15) is 18.0 Å². The molecule has 0 bridgehead atoms. The second-order valence-corrected chi connectivity index (χ2v) is 4.27. The number of benzene rings is 1. The van der Waals surface area contributed by atoms with Gasteiger partial charge < -0.3 is 10.1 Å². The fraction of sp³-hybridized carbons (Fsp3) is 0.417. The average molecular weight is 296 g/mol. The molecule has 0 aliphatic rings. The van der Waals surface area contributed by atoms with Crippen molar-refractivity contribution < 1.29 is 22.7 Å². The van der Waals surface area contributed by atoms with Crippen molar-refractivity contribution in [3.8, 4) is 5.75 Å². The van der Waals surface area contributed by atoms with Crippen molar-refractivity contribution in [2.24, 2.45) is 5.92 Å². The quantitative estimate of drug-likeness (QED) is 0.848. The van der Waals surface area contributed by atoms with Gasteiger partial charge in [-0.3, -0.25) is 4.79 Å². The van der Waals surface area contributed by atoms with Crippen LogP contribution >= 0.6 is 11.6 Å². The molecule has 1 unspecified atom stereocenters. The molecule has 0 aliphatic carbocycles. The van der Waals surface area contributed by atoms with Crippen molar-refractivity contribution in [1.82, 2.24) is 5.32 Å². The Morgan fingerprint density at radius 1 is 1.37 bits per heavy atom. The first-order chi connectivity index (χ1) is 8.81. The molecule has 7 heteroatoms. The molecule has 1 atom stereocenters. The monoisotopic (exact) mass is 295 g/mol. The van der Waals surface area contributed by atoms with Gasteiger partial charge in [0.05, 0.1) is 0 Å². The maximum absolute atomic E-state index is 11.9. The van der Waals surface area contributed by atoms with Crippen LogP contribution in [0.5, 0.6) is 5.75 Å². The Morgan fingerprint density at radius 3 is 2.42 bits per heavy atom. The summed E-state index contributed by atoms with van der Waals surface area (Å²) in [5.74, 6) is -0.596. The van der Waals surface area contributed by atoms with Crippen LogP contribution in [-0.4, -0.2) is 18.1 Å². The van der Waals surface area contributed by atoms with Crippen molar-refractivity contribution >= 4 is 17.5 Å². The first-order valence-electron chi connectivity index (χ1n) is 5.50. The lowest BCUT2D eigenvalue weighted by atomic mass is 10.2. The number of alkyl halides is 4. The Labute approximate surface area is 113 Å². The number of carbonyl (C=O) groups is 1. The topological polar surface area (TPSA) is 38.3 Å². The highest BCUT2D eigenvalue weighted by Gasteiger charge is 2.30. The summed E-state index contributed by atoms with van der Waals surface area (Å²) in [4.78, 5) is 11.4. The zero-order valence-electron chi connectivity index (χ0n) is 10.1. The highest BCUT2D eigenvalue weighted by atomic mass is 35.5. The van der Waals surface area contributed by atoms with Gasteiger partial charge in [-0.05, 0) is 17.7 Å². The molecule has 0 saturated heterocycles. The molecule has 0 fully saturated rings. The first kappa shape index (κ1) is 15.6. The van der Waals surface area contributed by atoms with E-state index in [-0.39, 0.29) is 30.0 Å². The predicted octanol–water partition coefficient (Wildman–Crippen LogP) is 3.08. The van der Waals surface area contributed by atoms with Crippen LogP contribution < -0.4 is 10.1 Å². The normalized spacial score (nSPS) is 12.9. The summed E-state index contributed by atoms with van der Waals surface area (Å²) in [6.07, 6.45) is -4.70. The molecule has 1 aromatic rings. The minimum atomic E-state index is -4.70. The summed E-state index contributed by atoms with van der Waals surface area (Å²) < 4.78 is 39.5. The Balaban J connectivity index is 2.51. The van der Waals surface area contributed by atoms with Crippen LogP contribution in [0.3, 0.4) is 0 Å². The summed E-state index contributed by atoms with van der Waals surface area (Å²) >= 11 is 5.53. The van der Waals surface area contributed by atoms with E-state index in [4.69, 9.17) is 11.6 Å². The number of rotatable bonds is 5. The van der Waals surface area contributed by atoms with E-state index in [1.807, 2.05) is 0 Å². The van der Waals surface area contributed by atoms with E-state index in [0.29, 0.717) is 5.56 Å². The molecule has 106 valence electrons. The van der Waals surface area contributed by atoms with Crippen molar-refractivity contribution in [3.63, 3.8) is 0 Å². The second kappa shape index (κ2) is 6.65. The van der Waals surface area contributed by atoms with Crippen LogP contribution in [0.1, 0.15) is 12.5 Å². The lowest BCUT2D eigenvalue weighted by molar-refractivity contribution is -0.274. The van der Waals surface area contributed by atoms with Gasteiger partial charge in [0, 0.05) is 18.3 Å². The van der Waals surface area contributed by atoms with Crippen molar-refractivity contribution in [3.05, 3.63) is 29.8 Å². The Morgan fingerprint density at radius 2 is 1.95 bits per heavy atom. The van der Waals surface area contributed by atoms with Gasteiger partial charge in [0.2, 0.25) is 5.91 Å². The van der Waals surface area contributed by atoms with Crippen LogP contribution in [0.25, 0.3) is 0 Å². The van der Waals surface area contributed by atoms with Crippen molar-refractivity contribution in [2.75, 3.05) is 5.88 Å². The summed E-state index contributed by atoms with van der Waals surface area (Å²) in [5, 5.41) is 2.63. The molecule has 19 heavy (non-hydrogen) atoms. The summed E-state index contributed by atoms with van der Waals surface area (Å²) in [5.41, 5.74) is 0.671. The first-order valence-corrected chi connectivity index (χ1v) is 6.03. The second-order valence-electron chi connectivity index (χ2n) is 3.96. The van der Waals surface area contributed by atoms with Gasteiger partial charge in [-0.25, -0.2) is 0 Å². The van der Waals surface area contributed by atoms with Gasteiger partial charge in [-0.15, -0.1) is 24.8 Å². The van der Waals surface area contributed by atoms with Gasteiger partial charge >= 0.3 is 6.36 Å². The number of nitrogens with one attached hydrogen (secondary N) is 1. The smallest absolute Gasteiger partial charge is 0.406 e. The predicted molar refractivity (Wildman–Crippen MR) is 64.9 cm³/mol. The highest BCUT2D eigenvalue weighted by molar-refractivity contribution is 6.19. The summed E-state index contributed by atoms with van der Waals surface area (Å²) in [6.45, 7) is 1.91. The molecular formula is C12H13ClF3NO2. The Kier molecular flexibility index (Phi) is 5.47. The number of amides is 1. The average Bonchev–Trinajstić information content (AvgIpc) is 2.34. The van der Waals surface area contributed by atoms with E-state index in [1.54, 1.807) is 6.92 Å². The third-order valence-electron chi connectivity index (χ3n) is 2.30. The summed E-state index contributed by atoms with van der Waals surface area (Å²) in [6, 6.07) is 5.29. The Bertz CT molecular complexity index is 420. The molecule has 0 spiro atoms. The van der Waals surface area contributed by atoms with Crippen LogP contribution in [0.2, 0.25) is 0 Å². The third-order valence-corrected chi connectivity index (χ3v) is 2.77. The largest absolute Gasteiger partial charge is 0.573 e. The fourth-order valence-corrected chi connectivity index (χ4v) is 1.38. The van der Waals surface area contributed by atoms with E-state index < -0.39 is 6.36 Å². The molecule has 1 N–H and O–H groups in total. The van der Waals surface area contributed by atoms with E-state index in [0.717, 1.165) is 0 Å². The van der Waals surface area contributed by atoms with Crippen molar-refractivity contribution in [1.29, 1.82) is 0 Å². The molecule has 0 aliphatic heterocycles. The number of halogens is 4. The number of ether oxygens (including phenoxy) is 1. The number of hydrogen-bond acceptors (Lipinski definition) is 2. The van der Waals surface area contributed by atoms with Gasteiger partial charge in [-0.1, -0.05) is 19.1 Å². The van der Waals surface area contributed by atoms with E-state index >= 15 is 0 Å². The van der Waals surface area contributed by atoms with E-state index in [1.165, 1.54) is 24.3 Å². The molecule has 1 rings (SSSR count). The molecule has 1 aromatic carbocycles. The molecule has 0 aromatic heterocycles. The van der Waals surface area contributed by atoms with Crippen molar-refractivity contribution in [2.45, 2.75) is 19.8 Å².